The quantitative estimate of drug-likeness (QED) is 0.0371. The number of nitriles is 1. The number of phenols is 7. The van der Waals surface area contributed by atoms with Crippen LogP contribution in [-0.2, 0) is 35.0 Å². The van der Waals surface area contributed by atoms with Crippen LogP contribution in [0.5, 0.6) is 51.7 Å². The fourth-order valence-corrected chi connectivity index (χ4v) is 17.5. The van der Waals surface area contributed by atoms with Crippen molar-refractivity contribution < 1.29 is 81.0 Å². The van der Waals surface area contributed by atoms with Gasteiger partial charge in [0.1, 0.15) is 51.7 Å². The van der Waals surface area contributed by atoms with E-state index in [1.165, 1.54) is 24.6 Å². The van der Waals surface area contributed by atoms with Crippen molar-refractivity contribution in [2.45, 2.75) is 74.0 Å². The molecule has 0 fully saturated rings. The van der Waals surface area contributed by atoms with Crippen molar-refractivity contribution in [3.8, 4) is 57.8 Å². The number of rotatable bonds is 14. The van der Waals surface area contributed by atoms with Crippen LogP contribution in [0.25, 0.3) is 11.0 Å². The van der Waals surface area contributed by atoms with Gasteiger partial charge in [-0.1, -0.05) is 29.3 Å². The first-order chi connectivity index (χ1) is 67.5. The van der Waals surface area contributed by atoms with Crippen LogP contribution in [0.15, 0.2) is 297 Å². The highest BCUT2D eigenvalue weighted by molar-refractivity contribution is 9.11. The van der Waals surface area contributed by atoms with Gasteiger partial charge in [-0.15, -0.1) is 0 Å². The van der Waals surface area contributed by atoms with Gasteiger partial charge in [0.15, 0.2) is 19.4 Å². The molecule has 728 valence electrons. The number of alkyl halides is 6. The number of phenolic OH excluding ortho intramolecular Hbond substituents is 7. The summed E-state index contributed by atoms with van der Waals surface area (Å²) in [5.41, 5.74) is 17.5. The molecule has 0 aliphatic carbocycles. The summed E-state index contributed by atoms with van der Waals surface area (Å²) in [6.45, 7) is 15.1. The lowest BCUT2D eigenvalue weighted by Gasteiger charge is -2.17. The largest absolute Gasteiger partial charge is 0.506 e. The van der Waals surface area contributed by atoms with Crippen molar-refractivity contribution in [3.05, 3.63) is 378 Å². The number of imidazole rings is 1. The SMILES string of the molecule is Cc1cc(Br)c(O)c(C=Nc2ccc(C#N)cc2)c1.Cc1cc(Br)c(O)c(C=Nc2ccc(C(F)(F)F)cc2Cl)c1.Cc1cc(Br)c(O)c(C=Nc2ccc(C(F)(F)F)cc2Cl)c1.Cc1cc(Br)c(O)c(C=Nc2ccc3c(c2)COCO3)c1.Cc1cc(Br)c(O)c(C=Nc2ccc3c(c2)COCO3)c1.Cc1cc(Br)c(O)c(C=Nc2ccc3nc[nH]c3c2)c1.Cc1cc(Br)c(O)c(C=Nc2ccccn2)c1. The van der Waals surface area contributed by atoms with Gasteiger partial charge in [0.25, 0.3) is 0 Å². The highest BCUT2D eigenvalue weighted by atomic mass is 79.9. The van der Waals surface area contributed by atoms with E-state index in [2.05, 4.69) is 167 Å². The van der Waals surface area contributed by atoms with Gasteiger partial charge >= 0.3 is 12.4 Å². The van der Waals surface area contributed by atoms with Crippen LogP contribution in [0.2, 0.25) is 10.0 Å². The van der Waals surface area contributed by atoms with E-state index in [4.69, 9.17) is 47.4 Å². The van der Waals surface area contributed by atoms with E-state index in [0.717, 1.165) is 120 Å². The second-order valence-electron chi connectivity index (χ2n) is 31.2. The number of H-pyrrole nitrogens is 1. The van der Waals surface area contributed by atoms with E-state index in [0.29, 0.717) is 108 Å². The molecule has 0 saturated carbocycles. The molecule has 4 heterocycles. The number of aromatic nitrogens is 3. The highest BCUT2D eigenvalue weighted by Gasteiger charge is 2.32. The van der Waals surface area contributed by atoms with Gasteiger partial charge in [-0.05, 0) is 411 Å². The maximum atomic E-state index is 12.6. The van der Waals surface area contributed by atoms with Gasteiger partial charge in [0, 0.05) is 99.8 Å². The van der Waals surface area contributed by atoms with Crippen molar-refractivity contribution >= 4 is 229 Å². The van der Waals surface area contributed by atoms with E-state index < -0.39 is 23.5 Å². The lowest BCUT2D eigenvalue weighted by Crippen LogP contribution is -2.10. The van der Waals surface area contributed by atoms with E-state index in [-0.39, 0.29) is 61.7 Å². The Hall–Kier alpha value is -12.7. The van der Waals surface area contributed by atoms with Crippen LogP contribution in [0.1, 0.15) is 106 Å². The number of ether oxygens (including phenoxy) is 4. The zero-order valence-electron chi connectivity index (χ0n) is 75.7. The smallest absolute Gasteiger partial charge is 0.416 e. The number of aliphatic imine (C=N–C) groups is 7. The van der Waals surface area contributed by atoms with Crippen molar-refractivity contribution in [1.29, 1.82) is 5.26 Å². The molecule has 13 aromatic carbocycles. The predicted molar refractivity (Wildman–Crippen MR) is 572 cm³/mol. The summed E-state index contributed by atoms with van der Waals surface area (Å²) in [7, 11) is 0. The van der Waals surface area contributed by atoms with E-state index in [1.807, 2.05) is 176 Å². The van der Waals surface area contributed by atoms with Gasteiger partial charge in [-0.25, -0.2) is 15.0 Å². The van der Waals surface area contributed by atoms with Gasteiger partial charge in [-0.3, -0.25) is 30.0 Å². The van der Waals surface area contributed by atoms with Crippen LogP contribution < -0.4 is 9.47 Å². The zero-order chi connectivity index (χ0) is 103. The molecule has 37 heteroatoms. The summed E-state index contributed by atoms with van der Waals surface area (Å²) in [6, 6.07) is 62.9. The third kappa shape index (κ3) is 32.2. The van der Waals surface area contributed by atoms with E-state index >= 15 is 0 Å². The predicted octanol–water partition coefficient (Wildman–Crippen LogP) is 31.7. The third-order valence-corrected chi connectivity index (χ3v) is 24.7. The van der Waals surface area contributed by atoms with Crippen LogP contribution >= 0.6 is 135 Å². The Labute approximate surface area is 881 Å². The monoisotopic (exact) mass is 2410 g/mol. The molecule has 0 amide bonds. The first-order valence-electron chi connectivity index (χ1n) is 42.0. The normalized spacial score (nSPS) is 12.2. The van der Waals surface area contributed by atoms with Crippen LogP contribution in [0, 0.1) is 59.8 Å². The molecule has 2 aliphatic rings. The molecule has 15 aromatic rings. The third-order valence-electron chi connectivity index (χ3n) is 19.9. The number of aromatic amines is 1. The molecule has 17 rings (SSSR count). The minimum atomic E-state index is -4.45. The molecule has 0 spiro atoms. The topological polar surface area (TPSA) is 330 Å². The maximum absolute atomic E-state index is 12.6. The maximum Gasteiger partial charge on any atom is 0.416 e. The first-order valence-corrected chi connectivity index (χ1v) is 48.3. The average molecular weight is 2420 g/mol. The van der Waals surface area contributed by atoms with Crippen LogP contribution in [-0.4, -0.2) is 108 Å². The summed E-state index contributed by atoms with van der Waals surface area (Å²) < 4.78 is 101. The molecule has 142 heavy (non-hydrogen) atoms. The van der Waals surface area contributed by atoms with Gasteiger partial charge in [-0.2, -0.15) is 31.6 Å². The van der Waals surface area contributed by atoms with E-state index in [9.17, 15) is 62.1 Å². The van der Waals surface area contributed by atoms with Gasteiger partial charge in [0.05, 0.1) is 129 Å². The minimum Gasteiger partial charge on any atom is -0.506 e. The number of aromatic hydroxyl groups is 7. The highest BCUT2D eigenvalue weighted by Crippen LogP contribution is 2.42. The summed E-state index contributed by atoms with van der Waals surface area (Å²) in [5, 5.41) is 78.0. The number of aryl methyl sites for hydroxylation is 7. The van der Waals surface area contributed by atoms with Crippen molar-refractivity contribution in [2.75, 3.05) is 13.6 Å². The fourth-order valence-electron chi connectivity index (χ4n) is 13.0. The number of pyridine rings is 1. The number of benzene rings is 13. The second kappa shape index (κ2) is 51.3. The van der Waals surface area contributed by atoms with Crippen LogP contribution in [0.3, 0.4) is 0 Å². The van der Waals surface area contributed by atoms with Crippen molar-refractivity contribution in [1.82, 2.24) is 15.0 Å². The Morgan fingerprint density at radius 1 is 0.359 bits per heavy atom. The lowest BCUT2D eigenvalue weighted by atomic mass is 10.1. The van der Waals surface area contributed by atoms with Gasteiger partial charge < -0.3 is 59.7 Å². The lowest BCUT2D eigenvalue weighted by molar-refractivity contribution is -0.138. The Morgan fingerprint density at radius 2 is 0.669 bits per heavy atom. The Morgan fingerprint density at radius 3 is 0.986 bits per heavy atom. The summed E-state index contributed by atoms with van der Waals surface area (Å²) in [6.07, 6.45) is 5.30. The second-order valence-corrected chi connectivity index (χ2v) is 38.0. The zero-order valence-corrected chi connectivity index (χ0v) is 88.3. The molecule has 0 radical (unpaired) electrons. The van der Waals surface area contributed by atoms with Crippen LogP contribution in [0.4, 0.5) is 66.3 Å². The molecule has 0 unspecified atom stereocenters. The van der Waals surface area contributed by atoms with Crippen molar-refractivity contribution in [3.63, 3.8) is 0 Å². The van der Waals surface area contributed by atoms with Gasteiger partial charge in [0.2, 0.25) is 0 Å². The summed E-state index contributed by atoms with van der Waals surface area (Å²) in [4.78, 5) is 41.1. The first kappa shape index (κ1) is 110. The van der Waals surface area contributed by atoms with E-state index in [1.54, 1.807) is 98.2 Å². The molecular weight excluding hydrogens is 2340 g/mol. The number of halogens is 15. The molecule has 0 bridgehead atoms. The Kier molecular flexibility index (Phi) is 39.6. The number of fused-ring (bicyclic) bond motifs is 3. The molecule has 2 aromatic heterocycles. The Balaban J connectivity index is 0.000000158. The number of hydrogen-bond acceptors (Lipinski definition) is 21. The number of nitrogens with zero attached hydrogens (tertiary/aromatic N) is 10. The summed E-state index contributed by atoms with van der Waals surface area (Å²) in [5.74, 6) is 3.21. The average Bonchev–Trinajstić information content (AvgIpc) is 1.67. The number of hydrogen-bond donors (Lipinski definition) is 8. The van der Waals surface area contributed by atoms with Crippen molar-refractivity contribution in [2.24, 2.45) is 34.9 Å². The minimum absolute atomic E-state index is 0.00242. The fraction of sp³-hybridized carbons (Fsp3) is 0.124. The molecule has 22 nitrogen and oxygen atoms in total. The molecule has 0 atom stereocenters. The number of nitrogens with one attached hydrogen (secondary N) is 1. The summed E-state index contributed by atoms with van der Waals surface area (Å²) >= 11 is 34.6. The standard InChI is InChI=1S/2C16H14BrNO3.2C15H10BrClF3NO.C15H12BrN3O.C15H11BrN2O.C13H11BrN2O/c2*1-10-4-11(16(19)14(17)5-10)7-18-13-2-3-15-12(6-13)8-20-9-21-15;2*1-8-4-9(14(22)11(16)5-8)7-21-13-3-2-10(6-12(13)17)15(18,19)20;1-9-4-10(15(20)12(16)5-9)7-17-11-2-3-13-14(6-11)19-8-18-13;1-10-6-12(15(19)14(16)7-10)9-18-13-4-2-11(8-17)3-5-13;1-9-6-10(13(17)11(14)7-9)8-16-12-4-2-3-5-15-12/h2*2-7,19H,8-9H2,1H3;2*2-7,22H,1H3;2-8,20H,1H3,(H,18,19);2-7,9,19H,1H3;2-8,17H,1H3. The molecule has 8 N–H and O–H groups in total. The molecule has 0 saturated heterocycles. The molecule has 2 aliphatic heterocycles. The Bertz CT molecular complexity index is 7130. The molecular formula is C105H82Br7Cl2F6N11O11.